The van der Waals surface area contributed by atoms with E-state index in [1.165, 1.54) is 36.8 Å². The van der Waals surface area contributed by atoms with Gasteiger partial charge < -0.3 is 5.73 Å². The number of rotatable bonds is 2. The molecule has 0 aliphatic heterocycles. The Bertz CT molecular complexity index is 342. The molecule has 0 bridgehead atoms. The zero-order valence-corrected chi connectivity index (χ0v) is 9.93. The molecule has 1 aromatic rings. The first-order chi connectivity index (χ1) is 7.18. The molecular formula is C13H18ClN. The van der Waals surface area contributed by atoms with E-state index in [1.807, 2.05) is 12.1 Å². The van der Waals surface area contributed by atoms with Gasteiger partial charge in [-0.3, -0.25) is 0 Å². The maximum Gasteiger partial charge on any atom is 0.0408 e. The lowest BCUT2D eigenvalue weighted by Crippen LogP contribution is -2.20. The molecule has 2 heteroatoms. The van der Waals surface area contributed by atoms with E-state index in [0.29, 0.717) is 5.92 Å². The molecule has 0 radical (unpaired) electrons. The minimum absolute atomic E-state index is 0.199. The molecule has 1 aromatic carbocycles. The van der Waals surface area contributed by atoms with Crippen LogP contribution in [0.5, 0.6) is 0 Å². The fourth-order valence-electron chi connectivity index (χ4n) is 2.58. The molecule has 2 N–H and O–H groups in total. The van der Waals surface area contributed by atoms with Gasteiger partial charge in [0.15, 0.2) is 0 Å². The third-order valence-electron chi connectivity index (χ3n) is 3.50. The van der Waals surface area contributed by atoms with Crippen LogP contribution in [0.3, 0.4) is 0 Å². The Balaban J connectivity index is 2.20. The van der Waals surface area contributed by atoms with E-state index < -0.39 is 0 Å². The van der Waals surface area contributed by atoms with Gasteiger partial charge in [-0.2, -0.15) is 0 Å². The van der Waals surface area contributed by atoms with Gasteiger partial charge in [-0.05, 0) is 48.9 Å². The van der Waals surface area contributed by atoms with E-state index >= 15 is 0 Å². The smallest absolute Gasteiger partial charge is 0.0408 e. The molecule has 0 spiro atoms. The van der Waals surface area contributed by atoms with E-state index in [9.17, 15) is 0 Å². The Morgan fingerprint density at radius 3 is 2.60 bits per heavy atom. The Morgan fingerprint density at radius 2 is 2.00 bits per heavy atom. The van der Waals surface area contributed by atoms with Crippen molar-refractivity contribution in [2.75, 3.05) is 0 Å². The highest BCUT2D eigenvalue weighted by molar-refractivity contribution is 6.30. The predicted octanol–water partition coefficient (Wildman–Crippen LogP) is 3.84. The summed E-state index contributed by atoms with van der Waals surface area (Å²) in [6.07, 6.45) is 5.24. The van der Waals surface area contributed by atoms with Crippen LogP contribution in [0.2, 0.25) is 5.02 Å². The summed E-state index contributed by atoms with van der Waals surface area (Å²) in [5.41, 5.74) is 8.80. The van der Waals surface area contributed by atoms with Crippen LogP contribution in [0.4, 0.5) is 0 Å². The molecule has 82 valence electrons. The lowest BCUT2D eigenvalue weighted by Gasteiger charge is -2.21. The van der Waals surface area contributed by atoms with Crippen LogP contribution >= 0.6 is 11.6 Å². The zero-order valence-electron chi connectivity index (χ0n) is 9.17. The number of hydrogen-bond acceptors (Lipinski definition) is 1. The van der Waals surface area contributed by atoms with Crippen molar-refractivity contribution in [1.82, 2.24) is 0 Å². The minimum Gasteiger partial charge on any atom is -0.324 e. The van der Waals surface area contributed by atoms with Crippen LogP contribution in [0.25, 0.3) is 0 Å². The zero-order chi connectivity index (χ0) is 10.8. The fourth-order valence-corrected chi connectivity index (χ4v) is 2.81. The molecule has 1 fully saturated rings. The molecule has 0 heterocycles. The van der Waals surface area contributed by atoms with Crippen molar-refractivity contribution < 1.29 is 0 Å². The maximum absolute atomic E-state index is 6.31. The summed E-state index contributed by atoms with van der Waals surface area (Å²) in [5.74, 6) is 0.671. The average Bonchev–Trinajstić information content (AvgIpc) is 2.69. The summed E-state index contributed by atoms with van der Waals surface area (Å²) in [5, 5.41) is 0.801. The second-order valence-corrected chi connectivity index (χ2v) is 5.01. The Morgan fingerprint density at radius 1 is 1.33 bits per heavy atom. The summed E-state index contributed by atoms with van der Waals surface area (Å²) in [4.78, 5) is 0. The molecule has 1 aliphatic carbocycles. The highest BCUT2D eigenvalue weighted by atomic mass is 35.5. The lowest BCUT2D eigenvalue weighted by atomic mass is 9.90. The van der Waals surface area contributed by atoms with E-state index in [-0.39, 0.29) is 6.04 Å². The van der Waals surface area contributed by atoms with Gasteiger partial charge in [0, 0.05) is 11.1 Å². The third kappa shape index (κ3) is 2.35. The van der Waals surface area contributed by atoms with Gasteiger partial charge in [0.1, 0.15) is 0 Å². The Kier molecular flexibility index (Phi) is 3.32. The van der Waals surface area contributed by atoms with Crippen LogP contribution in [0.15, 0.2) is 18.2 Å². The topological polar surface area (TPSA) is 26.0 Å². The third-order valence-corrected chi connectivity index (χ3v) is 3.73. The standard InChI is InChI=1S/C13H18ClN/c1-9-8-11(14)6-7-12(9)13(15)10-4-2-3-5-10/h6-8,10,13H,2-5,15H2,1H3/t13-/m1/s1. The molecule has 0 saturated heterocycles. The van der Waals surface area contributed by atoms with Gasteiger partial charge in [-0.15, -0.1) is 0 Å². The molecule has 15 heavy (non-hydrogen) atoms. The number of halogens is 1. The highest BCUT2D eigenvalue weighted by Gasteiger charge is 2.24. The van der Waals surface area contributed by atoms with E-state index in [4.69, 9.17) is 17.3 Å². The largest absolute Gasteiger partial charge is 0.324 e. The number of benzene rings is 1. The molecule has 2 rings (SSSR count). The summed E-state index contributed by atoms with van der Waals surface area (Å²) in [6.45, 7) is 2.09. The summed E-state index contributed by atoms with van der Waals surface area (Å²) in [7, 11) is 0. The van der Waals surface area contributed by atoms with Crippen molar-refractivity contribution in [3.05, 3.63) is 34.3 Å². The molecule has 1 aliphatic rings. The Hall–Kier alpha value is -0.530. The quantitative estimate of drug-likeness (QED) is 0.810. The maximum atomic E-state index is 6.31. The number of nitrogens with two attached hydrogens (primary N) is 1. The minimum atomic E-state index is 0.199. The molecule has 0 amide bonds. The van der Waals surface area contributed by atoms with Crippen molar-refractivity contribution >= 4 is 11.6 Å². The average molecular weight is 224 g/mol. The second-order valence-electron chi connectivity index (χ2n) is 4.57. The fraction of sp³-hybridized carbons (Fsp3) is 0.538. The van der Waals surface area contributed by atoms with E-state index in [2.05, 4.69) is 13.0 Å². The Labute approximate surface area is 96.6 Å². The molecule has 0 aromatic heterocycles. The van der Waals surface area contributed by atoms with Gasteiger partial charge in [-0.25, -0.2) is 0 Å². The van der Waals surface area contributed by atoms with Gasteiger partial charge >= 0.3 is 0 Å². The molecule has 1 nitrogen and oxygen atoms in total. The van der Waals surface area contributed by atoms with Crippen LogP contribution in [-0.4, -0.2) is 0 Å². The second kappa shape index (κ2) is 4.54. The number of hydrogen-bond donors (Lipinski definition) is 1. The van der Waals surface area contributed by atoms with Crippen molar-refractivity contribution in [2.45, 2.75) is 38.6 Å². The van der Waals surface area contributed by atoms with Crippen molar-refractivity contribution in [1.29, 1.82) is 0 Å². The SMILES string of the molecule is Cc1cc(Cl)ccc1[C@H](N)C1CCCC1. The monoisotopic (exact) mass is 223 g/mol. The van der Waals surface area contributed by atoms with E-state index in [1.54, 1.807) is 0 Å². The van der Waals surface area contributed by atoms with Crippen LogP contribution < -0.4 is 5.73 Å². The van der Waals surface area contributed by atoms with Crippen LogP contribution in [-0.2, 0) is 0 Å². The summed E-state index contributed by atoms with van der Waals surface area (Å²) >= 11 is 5.94. The molecule has 1 atom stereocenters. The van der Waals surface area contributed by atoms with Crippen molar-refractivity contribution in [3.8, 4) is 0 Å². The lowest BCUT2D eigenvalue weighted by molar-refractivity contribution is 0.443. The predicted molar refractivity (Wildman–Crippen MR) is 65.1 cm³/mol. The molecule has 0 unspecified atom stereocenters. The summed E-state index contributed by atoms with van der Waals surface area (Å²) in [6, 6.07) is 6.23. The first-order valence-electron chi connectivity index (χ1n) is 5.70. The normalized spacial score (nSPS) is 19.4. The van der Waals surface area contributed by atoms with Crippen molar-refractivity contribution in [3.63, 3.8) is 0 Å². The summed E-state index contributed by atoms with van der Waals surface area (Å²) < 4.78 is 0. The molecular weight excluding hydrogens is 206 g/mol. The van der Waals surface area contributed by atoms with Gasteiger partial charge in [-0.1, -0.05) is 30.5 Å². The number of aryl methyl sites for hydroxylation is 1. The van der Waals surface area contributed by atoms with Crippen LogP contribution in [0.1, 0.15) is 42.9 Å². The first-order valence-corrected chi connectivity index (χ1v) is 6.08. The molecule has 1 saturated carbocycles. The van der Waals surface area contributed by atoms with E-state index in [0.717, 1.165) is 5.02 Å². The van der Waals surface area contributed by atoms with Crippen LogP contribution in [0, 0.1) is 12.8 Å². The van der Waals surface area contributed by atoms with Gasteiger partial charge in [0.05, 0.1) is 0 Å². The van der Waals surface area contributed by atoms with Crippen molar-refractivity contribution in [2.24, 2.45) is 11.7 Å². The van der Waals surface area contributed by atoms with Gasteiger partial charge in [0.25, 0.3) is 0 Å². The first kappa shape index (κ1) is 11.0. The highest BCUT2D eigenvalue weighted by Crippen LogP contribution is 2.35. The van der Waals surface area contributed by atoms with Gasteiger partial charge in [0.2, 0.25) is 0 Å².